The SMILES string of the molecule is CC1CCc2c1cc(CN(C)C)c(O)c2I. The number of rotatable bonds is 2. The van der Waals surface area contributed by atoms with Crippen molar-refractivity contribution in [3.63, 3.8) is 0 Å². The van der Waals surface area contributed by atoms with E-state index >= 15 is 0 Å². The third kappa shape index (κ3) is 2.07. The van der Waals surface area contributed by atoms with Gasteiger partial charge in [-0.1, -0.05) is 13.0 Å². The Morgan fingerprint density at radius 1 is 1.50 bits per heavy atom. The summed E-state index contributed by atoms with van der Waals surface area (Å²) >= 11 is 2.28. The molecular formula is C13H18INO. The fourth-order valence-electron chi connectivity index (χ4n) is 2.43. The van der Waals surface area contributed by atoms with Crippen molar-refractivity contribution >= 4 is 22.6 Å². The van der Waals surface area contributed by atoms with Gasteiger partial charge in [-0.25, -0.2) is 0 Å². The van der Waals surface area contributed by atoms with Gasteiger partial charge >= 0.3 is 0 Å². The van der Waals surface area contributed by atoms with Gasteiger partial charge in [0.05, 0.1) is 3.57 Å². The Labute approximate surface area is 111 Å². The van der Waals surface area contributed by atoms with Crippen LogP contribution < -0.4 is 0 Å². The van der Waals surface area contributed by atoms with Crippen molar-refractivity contribution in [1.29, 1.82) is 0 Å². The minimum Gasteiger partial charge on any atom is -0.506 e. The van der Waals surface area contributed by atoms with Crippen LogP contribution in [0.1, 0.15) is 36.0 Å². The first kappa shape index (κ1) is 12.2. The van der Waals surface area contributed by atoms with Crippen LogP contribution in [0.25, 0.3) is 0 Å². The summed E-state index contributed by atoms with van der Waals surface area (Å²) < 4.78 is 1.07. The maximum absolute atomic E-state index is 10.2. The molecule has 0 saturated heterocycles. The van der Waals surface area contributed by atoms with Crippen molar-refractivity contribution in [3.05, 3.63) is 26.3 Å². The molecule has 1 aliphatic rings. The quantitative estimate of drug-likeness (QED) is 0.842. The van der Waals surface area contributed by atoms with Crippen LogP contribution in [0.3, 0.4) is 0 Å². The predicted octanol–water partition coefficient (Wildman–Crippen LogP) is 3.11. The Morgan fingerprint density at radius 3 is 2.81 bits per heavy atom. The van der Waals surface area contributed by atoms with Crippen LogP contribution in [0.5, 0.6) is 5.75 Å². The maximum atomic E-state index is 10.2. The van der Waals surface area contributed by atoms with E-state index in [1.54, 1.807) is 0 Å². The molecule has 1 unspecified atom stereocenters. The minimum atomic E-state index is 0.488. The summed E-state index contributed by atoms with van der Waals surface area (Å²) in [4.78, 5) is 2.09. The van der Waals surface area contributed by atoms with Crippen LogP contribution in [0.4, 0.5) is 0 Å². The van der Waals surface area contributed by atoms with E-state index in [-0.39, 0.29) is 0 Å². The first-order valence-electron chi connectivity index (χ1n) is 5.68. The molecule has 0 saturated carbocycles. The number of aromatic hydroxyl groups is 1. The molecule has 1 aromatic rings. The van der Waals surface area contributed by atoms with Crippen LogP contribution in [-0.4, -0.2) is 24.1 Å². The summed E-state index contributed by atoms with van der Waals surface area (Å²) in [5, 5.41) is 10.2. The van der Waals surface area contributed by atoms with Crippen molar-refractivity contribution in [2.45, 2.75) is 32.2 Å². The molecular weight excluding hydrogens is 313 g/mol. The summed E-state index contributed by atoms with van der Waals surface area (Å²) in [6.07, 6.45) is 2.33. The van der Waals surface area contributed by atoms with Crippen LogP contribution >= 0.6 is 22.6 Å². The number of fused-ring (bicyclic) bond motifs is 1. The van der Waals surface area contributed by atoms with E-state index < -0.39 is 0 Å². The minimum absolute atomic E-state index is 0.488. The Bertz CT molecular complexity index is 415. The molecule has 3 heteroatoms. The van der Waals surface area contributed by atoms with Gasteiger partial charge in [-0.15, -0.1) is 0 Å². The molecule has 1 aromatic carbocycles. The molecule has 0 radical (unpaired) electrons. The number of hydrogen-bond acceptors (Lipinski definition) is 2. The molecule has 0 bridgehead atoms. The van der Waals surface area contributed by atoms with Gasteiger partial charge in [-0.2, -0.15) is 0 Å². The predicted molar refractivity (Wildman–Crippen MR) is 75.0 cm³/mol. The zero-order valence-corrected chi connectivity index (χ0v) is 12.2. The largest absolute Gasteiger partial charge is 0.506 e. The molecule has 0 amide bonds. The number of benzene rings is 1. The number of halogens is 1. The normalized spacial score (nSPS) is 19.2. The molecule has 0 aliphatic heterocycles. The highest BCUT2D eigenvalue weighted by atomic mass is 127. The third-order valence-corrected chi connectivity index (χ3v) is 4.46. The van der Waals surface area contributed by atoms with Crippen LogP contribution in [-0.2, 0) is 13.0 Å². The number of phenols is 1. The van der Waals surface area contributed by atoms with Crippen molar-refractivity contribution in [1.82, 2.24) is 4.90 Å². The third-order valence-electron chi connectivity index (χ3n) is 3.30. The fraction of sp³-hybridized carbons (Fsp3) is 0.538. The monoisotopic (exact) mass is 331 g/mol. The van der Waals surface area contributed by atoms with Crippen LogP contribution in [0.15, 0.2) is 6.07 Å². The maximum Gasteiger partial charge on any atom is 0.133 e. The van der Waals surface area contributed by atoms with E-state index in [0.29, 0.717) is 11.7 Å². The molecule has 2 nitrogen and oxygen atoms in total. The van der Waals surface area contributed by atoms with E-state index in [4.69, 9.17) is 0 Å². The summed E-state index contributed by atoms with van der Waals surface area (Å²) in [7, 11) is 4.06. The topological polar surface area (TPSA) is 23.5 Å². The summed E-state index contributed by atoms with van der Waals surface area (Å²) in [6, 6.07) is 2.20. The molecule has 1 N–H and O–H groups in total. The molecule has 0 aromatic heterocycles. The number of hydrogen-bond donors (Lipinski definition) is 1. The lowest BCUT2D eigenvalue weighted by Crippen LogP contribution is -2.11. The highest BCUT2D eigenvalue weighted by Gasteiger charge is 2.24. The van der Waals surface area contributed by atoms with Gasteiger partial charge in [0.2, 0.25) is 0 Å². The Morgan fingerprint density at radius 2 is 2.19 bits per heavy atom. The van der Waals surface area contributed by atoms with Crippen molar-refractivity contribution in [2.75, 3.05) is 14.1 Å². The summed E-state index contributed by atoms with van der Waals surface area (Å²) in [6.45, 7) is 3.08. The Hall–Kier alpha value is -0.290. The second-order valence-electron chi connectivity index (χ2n) is 4.94. The lowest BCUT2D eigenvalue weighted by molar-refractivity contribution is 0.384. The lowest BCUT2D eigenvalue weighted by Gasteiger charge is -2.16. The highest BCUT2D eigenvalue weighted by Crippen LogP contribution is 2.40. The summed E-state index contributed by atoms with van der Waals surface area (Å²) in [5.41, 5.74) is 3.87. The first-order valence-corrected chi connectivity index (χ1v) is 6.76. The molecule has 1 atom stereocenters. The number of phenolic OH excluding ortho intramolecular Hbond substituents is 1. The Kier molecular flexibility index (Phi) is 3.45. The van der Waals surface area contributed by atoms with Crippen molar-refractivity contribution in [3.8, 4) is 5.75 Å². The second kappa shape index (κ2) is 4.53. The van der Waals surface area contributed by atoms with Gasteiger partial charge in [0, 0.05) is 12.1 Å². The first-order chi connectivity index (χ1) is 7.50. The molecule has 16 heavy (non-hydrogen) atoms. The zero-order valence-electron chi connectivity index (χ0n) is 10.0. The fourth-order valence-corrected chi connectivity index (χ4v) is 3.35. The van der Waals surface area contributed by atoms with E-state index in [0.717, 1.165) is 22.1 Å². The molecule has 88 valence electrons. The van der Waals surface area contributed by atoms with E-state index in [9.17, 15) is 5.11 Å². The standard InChI is InChI=1S/C13H18INO/c1-8-4-5-10-11(8)6-9(7-15(2)3)13(16)12(10)14/h6,8,16H,4-5,7H2,1-3H3. The van der Waals surface area contributed by atoms with E-state index in [1.807, 2.05) is 14.1 Å². The highest BCUT2D eigenvalue weighted by molar-refractivity contribution is 14.1. The van der Waals surface area contributed by atoms with Gasteiger partial charge < -0.3 is 10.0 Å². The smallest absolute Gasteiger partial charge is 0.133 e. The zero-order chi connectivity index (χ0) is 11.9. The molecule has 2 rings (SSSR count). The average Bonchev–Trinajstić information content (AvgIpc) is 2.56. The van der Waals surface area contributed by atoms with Gasteiger partial charge in [0.1, 0.15) is 5.75 Å². The van der Waals surface area contributed by atoms with Crippen LogP contribution in [0.2, 0.25) is 0 Å². The van der Waals surface area contributed by atoms with Gasteiger partial charge in [-0.3, -0.25) is 0 Å². The summed E-state index contributed by atoms with van der Waals surface area (Å²) in [5.74, 6) is 1.13. The van der Waals surface area contributed by atoms with Gasteiger partial charge in [0.15, 0.2) is 0 Å². The van der Waals surface area contributed by atoms with E-state index in [1.165, 1.54) is 17.5 Å². The lowest BCUT2D eigenvalue weighted by atomic mass is 10.00. The Balaban J connectivity index is 2.48. The van der Waals surface area contributed by atoms with Crippen molar-refractivity contribution < 1.29 is 5.11 Å². The van der Waals surface area contributed by atoms with Gasteiger partial charge in [0.25, 0.3) is 0 Å². The molecule has 0 heterocycles. The molecule has 1 aliphatic carbocycles. The van der Waals surface area contributed by atoms with Crippen LogP contribution in [0, 0.1) is 3.57 Å². The number of nitrogens with zero attached hydrogens (tertiary/aromatic N) is 1. The van der Waals surface area contributed by atoms with E-state index in [2.05, 4.69) is 40.5 Å². The second-order valence-corrected chi connectivity index (χ2v) is 6.02. The molecule has 0 spiro atoms. The molecule has 0 fully saturated rings. The average molecular weight is 331 g/mol. The van der Waals surface area contributed by atoms with Gasteiger partial charge in [-0.05, 0) is 66.6 Å². The van der Waals surface area contributed by atoms with Crippen molar-refractivity contribution in [2.24, 2.45) is 0 Å².